The van der Waals surface area contributed by atoms with E-state index in [4.69, 9.17) is 42.6 Å². The van der Waals surface area contributed by atoms with E-state index in [2.05, 4.69) is 26.8 Å². The molecule has 0 aromatic rings. The maximum atomic E-state index is 12.1. The van der Waals surface area contributed by atoms with Crippen molar-refractivity contribution in [2.24, 2.45) is 46.3 Å². The number of hydrogen-bond acceptors (Lipinski definition) is 22. The molecule has 0 aromatic carbocycles. The zero-order valence-corrected chi connectivity index (χ0v) is 42.7. The van der Waals surface area contributed by atoms with E-state index in [1.54, 1.807) is 0 Å². The molecule has 0 radical (unpaired) electrons. The molecule has 73 heavy (non-hydrogen) atoms. The number of aliphatic hydroxyl groups is 13. The van der Waals surface area contributed by atoms with Crippen molar-refractivity contribution < 1.29 is 109 Å². The summed E-state index contributed by atoms with van der Waals surface area (Å²) < 4.78 is 55.0. The summed E-state index contributed by atoms with van der Waals surface area (Å²) in [5.41, 5.74) is 1.05. The lowest BCUT2D eigenvalue weighted by molar-refractivity contribution is -0.393. The number of hydrogen-bond donors (Lipinski definition) is 13. The number of allylic oxidation sites excluding steroid dienone is 1. The van der Waals surface area contributed by atoms with Gasteiger partial charge in [-0.05, 0) is 106 Å². The molecular formula is C51H84O22. The standard InChI is InChI=1S/C51H84O22/c1-20(19-65-45-40(61)39(60)35(56)30(17-52)69-45)9-14-51(64)21(2)32-29(73-51)16-28-26-8-7-24-15-25(10-12-49(24,5)27(26)11-13-50(28,32)6)68-48-44(72-47-42(63)38(59)34(55)23(4)67-47)43(36(57)31(18-53)70-48)71-46-41(62)37(58)33(54)22(3)66-46/h7,20-23,25-48,52-64H,8-19H2,1-6H3/t20-,21-,22-,23-,25-,26+,27-,28-,29-,30+,31+,32-,33-,34-,35+,36+,37+,38+,39-,40+,41+,42+,43-,44+,45+,46-,47-,48+,49-,50-,51?/m0/s1. The van der Waals surface area contributed by atoms with Gasteiger partial charge in [-0.2, -0.15) is 0 Å². The topological polar surface area (TPSA) is 346 Å². The van der Waals surface area contributed by atoms with E-state index in [1.807, 2.05) is 6.92 Å². The van der Waals surface area contributed by atoms with Gasteiger partial charge in [0.2, 0.25) is 0 Å². The average Bonchev–Trinajstić information content (AvgIpc) is 3.80. The molecule has 5 heterocycles. The van der Waals surface area contributed by atoms with Crippen LogP contribution in [0.5, 0.6) is 0 Å². The van der Waals surface area contributed by atoms with Crippen LogP contribution in [0.2, 0.25) is 0 Å². The van der Waals surface area contributed by atoms with Crippen molar-refractivity contribution in [3.8, 4) is 0 Å². The Labute approximate surface area is 426 Å². The Morgan fingerprint density at radius 2 is 1.22 bits per heavy atom. The molecule has 31 atom stereocenters. The Bertz CT molecular complexity index is 1900. The molecule has 22 nitrogen and oxygen atoms in total. The normalized spacial score (nSPS) is 55.5. The molecule has 22 heteroatoms. The third kappa shape index (κ3) is 10.2. The van der Waals surface area contributed by atoms with Gasteiger partial charge in [-0.3, -0.25) is 0 Å². The summed E-state index contributed by atoms with van der Waals surface area (Å²) in [6.07, 6.45) is -20.7. The van der Waals surface area contributed by atoms with Gasteiger partial charge in [0, 0.05) is 12.3 Å². The highest BCUT2D eigenvalue weighted by atomic mass is 16.8. The van der Waals surface area contributed by atoms with Crippen molar-refractivity contribution in [1.29, 1.82) is 0 Å². The van der Waals surface area contributed by atoms with Crippen LogP contribution in [-0.4, -0.2) is 227 Å². The third-order valence-electron chi connectivity index (χ3n) is 19.5. The molecule has 0 aromatic heterocycles. The average molecular weight is 1050 g/mol. The summed E-state index contributed by atoms with van der Waals surface area (Å²) in [5.74, 6) is -0.265. The molecule has 9 rings (SSSR count). The highest BCUT2D eigenvalue weighted by Crippen LogP contribution is 2.70. The first kappa shape index (κ1) is 56.6. The number of rotatable bonds is 14. The molecule has 1 unspecified atom stereocenters. The predicted molar refractivity (Wildman–Crippen MR) is 249 cm³/mol. The first-order chi connectivity index (χ1) is 34.5. The number of ether oxygens (including phenoxy) is 9. The van der Waals surface area contributed by atoms with Crippen molar-refractivity contribution in [3.63, 3.8) is 0 Å². The fourth-order valence-electron chi connectivity index (χ4n) is 14.9. The second-order valence-corrected chi connectivity index (χ2v) is 23.8. The number of fused-ring (bicyclic) bond motifs is 7. The Morgan fingerprint density at radius 3 is 1.85 bits per heavy atom. The van der Waals surface area contributed by atoms with Crippen LogP contribution in [0.25, 0.3) is 0 Å². The van der Waals surface area contributed by atoms with Gasteiger partial charge in [0.05, 0.1) is 44.2 Å². The third-order valence-corrected chi connectivity index (χ3v) is 19.5. The molecule has 4 aliphatic carbocycles. The van der Waals surface area contributed by atoms with Gasteiger partial charge in [-0.15, -0.1) is 0 Å². The summed E-state index contributed by atoms with van der Waals surface area (Å²) in [6, 6.07) is 0. The molecule has 5 aliphatic heterocycles. The van der Waals surface area contributed by atoms with E-state index in [9.17, 15) is 66.4 Å². The Balaban J connectivity index is 0.860. The van der Waals surface area contributed by atoms with Gasteiger partial charge in [0.25, 0.3) is 0 Å². The van der Waals surface area contributed by atoms with Crippen LogP contribution in [0.4, 0.5) is 0 Å². The molecule has 0 spiro atoms. The fourth-order valence-corrected chi connectivity index (χ4v) is 14.9. The van der Waals surface area contributed by atoms with E-state index in [1.165, 1.54) is 19.4 Å². The quantitative estimate of drug-likeness (QED) is 0.0839. The zero-order valence-electron chi connectivity index (χ0n) is 42.7. The van der Waals surface area contributed by atoms with E-state index < -0.39 is 148 Å². The van der Waals surface area contributed by atoms with Crippen LogP contribution >= 0.6 is 0 Å². The Hall–Kier alpha value is -1.14. The first-order valence-corrected chi connectivity index (χ1v) is 26.8. The highest BCUT2D eigenvalue weighted by molar-refractivity contribution is 5.26. The summed E-state index contributed by atoms with van der Waals surface area (Å²) in [7, 11) is 0. The molecular weight excluding hydrogens is 965 g/mol. The van der Waals surface area contributed by atoms with Gasteiger partial charge < -0.3 is 109 Å². The lowest BCUT2D eigenvalue weighted by atomic mass is 9.47. The van der Waals surface area contributed by atoms with Crippen molar-refractivity contribution >= 4 is 0 Å². The Morgan fingerprint density at radius 1 is 0.644 bits per heavy atom. The predicted octanol–water partition coefficient (Wildman–Crippen LogP) is -1.98. The van der Waals surface area contributed by atoms with Crippen LogP contribution in [0.3, 0.4) is 0 Å². The van der Waals surface area contributed by atoms with Crippen LogP contribution in [0.1, 0.15) is 99.3 Å². The molecule has 8 fully saturated rings. The maximum absolute atomic E-state index is 12.1. The van der Waals surface area contributed by atoms with Gasteiger partial charge in [0.15, 0.2) is 30.9 Å². The minimum atomic E-state index is -1.77. The molecule has 3 saturated carbocycles. The summed E-state index contributed by atoms with van der Waals surface area (Å²) >= 11 is 0. The van der Waals surface area contributed by atoms with E-state index >= 15 is 0 Å². The molecule has 0 bridgehead atoms. The monoisotopic (exact) mass is 1050 g/mol. The van der Waals surface area contributed by atoms with Crippen molar-refractivity contribution in [2.75, 3.05) is 19.8 Å². The van der Waals surface area contributed by atoms with Crippen LogP contribution in [-0.2, 0) is 42.6 Å². The summed E-state index contributed by atoms with van der Waals surface area (Å²) in [5, 5.41) is 139. The zero-order chi connectivity index (χ0) is 52.8. The summed E-state index contributed by atoms with van der Waals surface area (Å²) in [4.78, 5) is 0. The van der Waals surface area contributed by atoms with Gasteiger partial charge in [0.1, 0.15) is 85.5 Å². The number of aliphatic hydroxyl groups excluding tert-OH is 12. The minimum Gasteiger partial charge on any atom is -0.394 e. The van der Waals surface area contributed by atoms with Crippen molar-refractivity contribution in [2.45, 2.75) is 240 Å². The van der Waals surface area contributed by atoms with Gasteiger partial charge in [-0.1, -0.05) is 39.3 Å². The minimum absolute atomic E-state index is 0.0640. The lowest BCUT2D eigenvalue weighted by Crippen LogP contribution is -2.67. The Kier molecular flexibility index (Phi) is 16.9. The SMILES string of the molecule is C[C@@H](CCC1(O)O[C@H]2C[C@H]3[C@@H]4CC=C5C[C@@H](O[C@@H]6O[C@H](CO)[C@@H](O)[C@H](O[C@@H]7O[C@@H](C)[C@H](O)[C@@H](O)[C@H]7O)[C@H]6O[C@@H]6O[C@@H](C)[C@H](O)[C@@H](O)[C@H]6O)CC[C@]5(C)[C@H]4CC[C@]3(C)[C@H]2[C@@H]1C)CO[C@@H]1O[C@H](CO)[C@@H](O)[C@H](O)[C@H]1O. The lowest BCUT2D eigenvalue weighted by Gasteiger charge is -2.58. The fraction of sp³-hybridized carbons (Fsp3) is 0.961. The largest absolute Gasteiger partial charge is 0.394 e. The van der Waals surface area contributed by atoms with Crippen molar-refractivity contribution in [1.82, 2.24) is 0 Å². The van der Waals surface area contributed by atoms with Crippen LogP contribution in [0.15, 0.2) is 11.6 Å². The van der Waals surface area contributed by atoms with E-state index in [-0.39, 0.29) is 41.3 Å². The smallest absolute Gasteiger partial charge is 0.187 e. The second kappa shape index (κ2) is 21.8. The van der Waals surface area contributed by atoms with Gasteiger partial charge in [-0.25, -0.2) is 0 Å². The molecule has 0 amide bonds. The highest BCUT2D eigenvalue weighted by Gasteiger charge is 2.68. The van der Waals surface area contributed by atoms with Crippen LogP contribution < -0.4 is 0 Å². The summed E-state index contributed by atoms with van der Waals surface area (Å²) in [6.45, 7) is 10.7. The molecule has 13 N–H and O–H groups in total. The molecule has 9 aliphatic rings. The van der Waals surface area contributed by atoms with E-state index in [0.29, 0.717) is 43.4 Å². The molecule has 420 valence electrons. The molecule has 5 saturated heterocycles. The van der Waals surface area contributed by atoms with Gasteiger partial charge >= 0.3 is 0 Å². The van der Waals surface area contributed by atoms with Crippen molar-refractivity contribution in [3.05, 3.63) is 11.6 Å². The van der Waals surface area contributed by atoms with E-state index in [0.717, 1.165) is 32.1 Å². The second-order valence-electron chi connectivity index (χ2n) is 23.8. The maximum Gasteiger partial charge on any atom is 0.187 e. The van der Waals surface area contributed by atoms with Crippen LogP contribution in [0, 0.1) is 46.3 Å². The first-order valence-electron chi connectivity index (χ1n) is 26.8.